The predicted molar refractivity (Wildman–Crippen MR) is 88.9 cm³/mol. The van der Waals surface area contributed by atoms with E-state index in [4.69, 9.17) is 9.15 Å². The van der Waals surface area contributed by atoms with Crippen LogP contribution in [0, 0.1) is 19.8 Å². The largest absolute Gasteiger partial charge is 0.456 e. The van der Waals surface area contributed by atoms with Crippen LogP contribution in [0.4, 0.5) is 4.79 Å². The number of carbonyl (C=O) groups is 2. The molecule has 0 bridgehead atoms. The van der Waals surface area contributed by atoms with Gasteiger partial charge in [0.05, 0.1) is 6.04 Å². The third kappa shape index (κ3) is 3.01. The van der Waals surface area contributed by atoms with Crippen molar-refractivity contribution in [1.29, 1.82) is 0 Å². The van der Waals surface area contributed by atoms with E-state index in [-0.39, 0.29) is 24.1 Å². The smallest absolute Gasteiger partial charge is 0.410 e. The predicted octanol–water partition coefficient (Wildman–Crippen LogP) is 2.98. The van der Waals surface area contributed by atoms with Crippen LogP contribution in [0.3, 0.4) is 0 Å². The normalized spacial score (nSPS) is 22.4. The lowest BCUT2D eigenvalue weighted by atomic mass is 9.97. The molecule has 0 spiro atoms. The van der Waals surface area contributed by atoms with Gasteiger partial charge in [0.1, 0.15) is 12.4 Å². The van der Waals surface area contributed by atoms with E-state index in [0.29, 0.717) is 31.4 Å². The lowest BCUT2D eigenvalue weighted by Gasteiger charge is -2.38. The summed E-state index contributed by atoms with van der Waals surface area (Å²) in [5.41, 5.74) is 0.993. The van der Waals surface area contributed by atoms with E-state index in [1.165, 1.54) is 0 Å². The van der Waals surface area contributed by atoms with E-state index < -0.39 is 0 Å². The van der Waals surface area contributed by atoms with Gasteiger partial charge in [0.25, 0.3) is 5.91 Å². The Morgan fingerprint density at radius 1 is 1.25 bits per heavy atom. The van der Waals surface area contributed by atoms with E-state index >= 15 is 0 Å². The maximum Gasteiger partial charge on any atom is 0.410 e. The number of amides is 2. The first-order valence-electron chi connectivity index (χ1n) is 8.70. The van der Waals surface area contributed by atoms with E-state index in [1.807, 2.05) is 23.6 Å². The van der Waals surface area contributed by atoms with Crippen LogP contribution in [0.25, 0.3) is 0 Å². The molecule has 1 aromatic rings. The van der Waals surface area contributed by atoms with Gasteiger partial charge in [0.15, 0.2) is 5.76 Å². The minimum absolute atomic E-state index is 0.0611. The van der Waals surface area contributed by atoms with Crippen LogP contribution in [-0.2, 0) is 4.74 Å². The number of carbonyl (C=O) groups excluding carboxylic acids is 2. The van der Waals surface area contributed by atoms with Crippen LogP contribution in [0.1, 0.15) is 48.6 Å². The molecule has 0 N–H and O–H groups in total. The number of likely N-dealkylation sites (tertiary alicyclic amines) is 1. The lowest BCUT2D eigenvalue weighted by Crippen LogP contribution is -2.50. The summed E-state index contributed by atoms with van der Waals surface area (Å²) in [5, 5.41) is 0. The molecule has 132 valence electrons. The first-order chi connectivity index (χ1) is 11.4. The number of piperidine rings is 1. The van der Waals surface area contributed by atoms with E-state index in [2.05, 4.69) is 13.8 Å². The monoisotopic (exact) mass is 334 g/mol. The summed E-state index contributed by atoms with van der Waals surface area (Å²) in [7, 11) is 0. The second kappa shape index (κ2) is 6.49. The van der Waals surface area contributed by atoms with Crippen LogP contribution in [0.5, 0.6) is 0 Å². The minimum Gasteiger partial charge on any atom is -0.456 e. The van der Waals surface area contributed by atoms with Crippen LogP contribution in [0.2, 0.25) is 0 Å². The summed E-state index contributed by atoms with van der Waals surface area (Å²) in [6.07, 6.45) is 1.35. The molecule has 3 rings (SSSR count). The van der Waals surface area contributed by atoms with Crippen molar-refractivity contribution in [3.8, 4) is 0 Å². The molecule has 0 aromatic carbocycles. The number of aryl methyl sites for hydroxylation is 2. The fraction of sp³-hybridized carbons (Fsp3) is 0.667. The third-order valence-electron chi connectivity index (χ3n) is 5.24. The van der Waals surface area contributed by atoms with E-state index in [9.17, 15) is 9.59 Å². The van der Waals surface area contributed by atoms with Crippen molar-refractivity contribution in [2.75, 3.05) is 19.7 Å². The molecule has 2 aliphatic heterocycles. The van der Waals surface area contributed by atoms with Gasteiger partial charge in [0, 0.05) is 19.1 Å². The number of ether oxygens (including phenoxy) is 1. The Hall–Kier alpha value is -1.98. The third-order valence-corrected chi connectivity index (χ3v) is 5.24. The molecule has 3 heterocycles. The van der Waals surface area contributed by atoms with Crippen LogP contribution in [0.15, 0.2) is 10.5 Å². The highest BCUT2D eigenvalue weighted by atomic mass is 16.6. The van der Waals surface area contributed by atoms with Gasteiger partial charge in [-0.1, -0.05) is 13.8 Å². The summed E-state index contributed by atoms with van der Waals surface area (Å²) in [6, 6.07) is 2.09. The number of rotatable bonds is 3. The van der Waals surface area contributed by atoms with Gasteiger partial charge in [-0.15, -0.1) is 0 Å². The molecular weight excluding hydrogens is 308 g/mol. The van der Waals surface area contributed by atoms with Gasteiger partial charge in [-0.3, -0.25) is 9.69 Å². The van der Waals surface area contributed by atoms with E-state index in [1.54, 1.807) is 6.07 Å². The molecule has 6 heteroatoms. The van der Waals surface area contributed by atoms with Gasteiger partial charge in [-0.25, -0.2) is 4.79 Å². The first-order valence-corrected chi connectivity index (χ1v) is 8.70. The van der Waals surface area contributed by atoms with Crippen molar-refractivity contribution in [2.24, 2.45) is 5.92 Å². The molecule has 2 fully saturated rings. The molecule has 1 unspecified atom stereocenters. The summed E-state index contributed by atoms with van der Waals surface area (Å²) in [4.78, 5) is 28.3. The molecule has 24 heavy (non-hydrogen) atoms. The van der Waals surface area contributed by atoms with Gasteiger partial charge in [-0.05, 0) is 44.2 Å². The average molecular weight is 334 g/mol. The summed E-state index contributed by atoms with van der Waals surface area (Å²) >= 11 is 0. The highest BCUT2D eigenvalue weighted by Gasteiger charge is 2.41. The van der Waals surface area contributed by atoms with Gasteiger partial charge < -0.3 is 14.1 Å². The highest BCUT2D eigenvalue weighted by Crippen LogP contribution is 2.28. The highest BCUT2D eigenvalue weighted by molar-refractivity contribution is 5.91. The molecular formula is C18H26N2O4. The second-order valence-corrected chi connectivity index (χ2v) is 7.17. The fourth-order valence-corrected chi connectivity index (χ4v) is 3.56. The molecule has 0 saturated carbocycles. The zero-order valence-electron chi connectivity index (χ0n) is 14.9. The molecule has 2 saturated heterocycles. The summed E-state index contributed by atoms with van der Waals surface area (Å²) in [5.74, 6) is 1.50. The molecule has 1 aromatic heterocycles. The Kier molecular flexibility index (Phi) is 4.56. The molecule has 2 aliphatic rings. The van der Waals surface area contributed by atoms with Crippen LogP contribution >= 0.6 is 0 Å². The molecule has 2 amide bonds. The van der Waals surface area contributed by atoms with E-state index in [0.717, 1.165) is 24.2 Å². The topological polar surface area (TPSA) is 63.0 Å². The maximum atomic E-state index is 12.6. The zero-order valence-corrected chi connectivity index (χ0v) is 14.9. The number of hydrogen-bond acceptors (Lipinski definition) is 4. The van der Waals surface area contributed by atoms with Crippen molar-refractivity contribution < 1.29 is 18.7 Å². The zero-order chi connectivity index (χ0) is 17.4. The first kappa shape index (κ1) is 16.9. The van der Waals surface area contributed by atoms with Gasteiger partial charge >= 0.3 is 6.09 Å². The minimum atomic E-state index is -0.212. The Bertz CT molecular complexity index is 609. The fourth-order valence-electron chi connectivity index (χ4n) is 3.56. The molecule has 0 aliphatic carbocycles. The number of hydrogen-bond donors (Lipinski definition) is 0. The quantitative estimate of drug-likeness (QED) is 0.852. The summed E-state index contributed by atoms with van der Waals surface area (Å²) in [6.45, 7) is 9.77. The van der Waals surface area contributed by atoms with Crippen molar-refractivity contribution in [2.45, 2.75) is 52.6 Å². The number of furan rings is 1. The number of nitrogens with zero attached hydrogens (tertiary/aromatic N) is 2. The van der Waals surface area contributed by atoms with Crippen LogP contribution < -0.4 is 0 Å². The Morgan fingerprint density at radius 3 is 2.46 bits per heavy atom. The molecule has 0 radical (unpaired) electrons. The van der Waals surface area contributed by atoms with Crippen molar-refractivity contribution in [1.82, 2.24) is 9.80 Å². The second-order valence-electron chi connectivity index (χ2n) is 7.17. The van der Waals surface area contributed by atoms with Crippen molar-refractivity contribution >= 4 is 12.0 Å². The van der Waals surface area contributed by atoms with Gasteiger partial charge in [0.2, 0.25) is 0 Å². The Balaban J connectivity index is 1.63. The number of cyclic esters (lactones) is 1. The Morgan fingerprint density at radius 2 is 1.92 bits per heavy atom. The molecule has 6 nitrogen and oxygen atoms in total. The lowest BCUT2D eigenvalue weighted by molar-refractivity contribution is 0.0590. The summed E-state index contributed by atoms with van der Waals surface area (Å²) < 4.78 is 10.8. The standard InChI is InChI=1S/C18H26N2O4/c1-11(2)15-10-23-18(22)20(15)14-5-7-19(8-6-14)17(21)16-9-12(3)13(4)24-16/h9,11,14-15H,5-8,10H2,1-4H3. The Labute approximate surface area is 142 Å². The van der Waals surface area contributed by atoms with Crippen molar-refractivity contribution in [3.63, 3.8) is 0 Å². The van der Waals surface area contributed by atoms with Crippen LogP contribution in [-0.4, -0.2) is 53.6 Å². The SMILES string of the molecule is Cc1cc(C(=O)N2CCC(N3C(=O)OCC3C(C)C)CC2)oc1C. The van der Waals surface area contributed by atoms with Gasteiger partial charge in [-0.2, -0.15) is 0 Å². The molecule has 1 atom stereocenters. The van der Waals surface area contributed by atoms with Crippen molar-refractivity contribution in [3.05, 3.63) is 23.2 Å². The maximum absolute atomic E-state index is 12.6. The average Bonchev–Trinajstić information content (AvgIpc) is 3.10.